The zero-order chi connectivity index (χ0) is 17.6. The number of piperazine rings is 1. The van der Waals surface area contributed by atoms with Gasteiger partial charge in [-0.05, 0) is 31.2 Å². The SMILES string of the molecule is Cc1ccc(SCC(=O)N2CCN(C(=O)c3ccccc3)CC2)cc1. The highest BCUT2D eigenvalue weighted by molar-refractivity contribution is 8.00. The predicted molar refractivity (Wildman–Crippen MR) is 101 cm³/mol. The minimum atomic E-state index is 0.0433. The van der Waals surface area contributed by atoms with Gasteiger partial charge in [0.25, 0.3) is 5.91 Å². The van der Waals surface area contributed by atoms with Crippen molar-refractivity contribution < 1.29 is 9.59 Å². The molecule has 4 nitrogen and oxygen atoms in total. The third-order valence-electron chi connectivity index (χ3n) is 4.32. The molecule has 0 radical (unpaired) electrons. The van der Waals surface area contributed by atoms with Gasteiger partial charge in [0.2, 0.25) is 5.91 Å². The predicted octanol–water partition coefficient (Wildman–Crippen LogP) is 3.07. The Kier molecular flexibility index (Phi) is 5.76. The zero-order valence-corrected chi connectivity index (χ0v) is 15.2. The lowest BCUT2D eigenvalue weighted by molar-refractivity contribution is -0.129. The van der Waals surface area contributed by atoms with Crippen molar-refractivity contribution in [2.24, 2.45) is 0 Å². The molecule has 0 spiro atoms. The molecular formula is C20H22N2O2S. The second-order valence-corrected chi connectivity index (χ2v) is 7.19. The van der Waals surface area contributed by atoms with Crippen LogP contribution in [0.15, 0.2) is 59.5 Å². The van der Waals surface area contributed by atoms with E-state index in [1.165, 1.54) is 5.56 Å². The number of benzene rings is 2. The lowest BCUT2D eigenvalue weighted by Gasteiger charge is -2.34. The fraction of sp³-hybridized carbons (Fsp3) is 0.300. The summed E-state index contributed by atoms with van der Waals surface area (Å²) in [4.78, 5) is 29.6. The first-order chi connectivity index (χ1) is 12.1. The number of amides is 2. The normalized spacial score (nSPS) is 14.4. The number of aryl methyl sites for hydroxylation is 1. The monoisotopic (exact) mass is 354 g/mol. The van der Waals surface area contributed by atoms with Crippen LogP contribution in [-0.4, -0.2) is 53.5 Å². The van der Waals surface area contributed by atoms with Crippen LogP contribution in [0.5, 0.6) is 0 Å². The van der Waals surface area contributed by atoms with Gasteiger partial charge in [-0.3, -0.25) is 9.59 Å². The topological polar surface area (TPSA) is 40.6 Å². The van der Waals surface area contributed by atoms with Crippen LogP contribution in [0.1, 0.15) is 15.9 Å². The second kappa shape index (κ2) is 8.21. The highest BCUT2D eigenvalue weighted by Gasteiger charge is 2.24. The molecule has 0 aromatic heterocycles. The first kappa shape index (κ1) is 17.5. The van der Waals surface area contributed by atoms with E-state index >= 15 is 0 Å². The van der Waals surface area contributed by atoms with Gasteiger partial charge < -0.3 is 9.80 Å². The Bertz CT molecular complexity index is 723. The van der Waals surface area contributed by atoms with E-state index in [1.807, 2.05) is 52.3 Å². The van der Waals surface area contributed by atoms with Crippen LogP contribution in [0.25, 0.3) is 0 Å². The van der Waals surface area contributed by atoms with E-state index in [0.29, 0.717) is 37.5 Å². The molecule has 0 bridgehead atoms. The highest BCUT2D eigenvalue weighted by Crippen LogP contribution is 2.19. The molecule has 0 saturated carbocycles. The molecular weight excluding hydrogens is 332 g/mol. The summed E-state index contributed by atoms with van der Waals surface area (Å²) in [5.41, 5.74) is 1.92. The van der Waals surface area contributed by atoms with Gasteiger partial charge in [-0.1, -0.05) is 35.9 Å². The van der Waals surface area contributed by atoms with Gasteiger partial charge >= 0.3 is 0 Å². The van der Waals surface area contributed by atoms with Crippen molar-refractivity contribution in [3.8, 4) is 0 Å². The molecule has 0 N–H and O–H groups in total. The van der Waals surface area contributed by atoms with E-state index in [4.69, 9.17) is 0 Å². The van der Waals surface area contributed by atoms with Gasteiger partial charge in [0.05, 0.1) is 5.75 Å². The summed E-state index contributed by atoms with van der Waals surface area (Å²) in [6.45, 7) is 4.44. The number of rotatable bonds is 4. The summed E-state index contributed by atoms with van der Waals surface area (Å²) >= 11 is 1.56. The Morgan fingerprint density at radius 1 is 0.880 bits per heavy atom. The molecule has 5 heteroatoms. The Morgan fingerprint density at radius 3 is 2.12 bits per heavy atom. The fourth-order valence-electron chi connectivity index (χ4n) is 2.79. The van der Waals surface area contributed by atoms with Crippen LogP contribution in [0.4, 0.5) is 0 Å². The number of thioether (sulfide) groups is 1. The summed E-state index contributed by atoms with van der Waals surface area (Å²) in [5.74, 6) is 0.620. The van der Waals surface area contributed by atoms with Crippen molar-refractivity contribution in [1.82, 2.24) is 9.80 Å². The number of hydrogen-bond acceptors (Lipinski definition) is 3. The molecule has 1 fully saturated rings. The van der Waals surface area contributed by atoms with E-state index in [0.717, 1.165) is 4.90 Å². The van der Waals surface area contributed by atoms with Crippen LogP contribution in [0, 0.1) is 6.92 Å². The van der Waals surface area contributed by atoms with Gasteiger partial charge in [-0.2, -0.15) is 0 Å². The molecule has 2 aromatic rings. The van der Waals surface area contributed by atoms with Gasteiger partial charge in [-0.25, -0.2) is 0 Å². The average molecular weight is 354 g/mol. The molecule has 0 atom stereocenters. The smallest absolute Gasteiger partial charge is 0.253 e. The molecule has 0 aliphatic carbocycles. The fourth-order valence-corrected chi connectivity index (χ4v) is 3.59. The Balaban J connectivity index is 1.47. The van der Waals surface area contributed by atoms with Crippen molar-refractivity contribution in [3.63, 3.8) is 0 Å². The van der Waals surface area contributed by atoms with Gasteiger partial charge in [-0.15, -0.1) is 11.8 Å². The Labute approximate surface area is 152 Å². The van der Waals surface area contributed by atoms with E-state index in [-0.39, 0.29) is 11.8 Å². The number of carbonyl (C=O) groups excluding carboxylic acids is 2. The van der Waals surface area contributed by atoms with E-state index < -0.39 is 0 Å². The van der Waals surface area contributed by atoms with Crippen molar-refractivity contribution in [2.45, 2.75) is 11.8 Å². The summed E-state index contributed by atoms with van der Waals surface area (Å²) in [6, 6.07) is 17.5. The Morgan fingerprint density at radius 2 is 1.48 bits per heavy atom. The molecule has 0 unspecified atom stereocenters. The van der Waals surface area contributed by atoms with Gasteiger partial charge in [0.1, 0.15) is 0 Å². The standard InChI is InChI=1S/C20H22N2O2S/c1-16-7-9-18(10-8-16)25-15-19(23)21-11-13-22(14-12-21)20(24)17-5-3-2-4-6-17/h2-10H,11-15H2,1H3. The van der Waals surface area contributed by atoms with E-state index in [2.05, 4.69) is 19.1 Å². The zero-order valence-electron chi connectivity index (χ0n) is 14.4. The molecule has 2 amide bonds. The molecule has 25 heavy (non-hydrogen) atoms. The lowest BCUT2D eigenvalue weighted by Crippen LogP contribution is -2.51. The summed E-state index contributed by atoms with van der Waals surface area (Å²) in [7, 11) is 0. The third-order valence-corrected chi connectivity index (χ3v) is 5.32. The van der Waals surface area contributed by atoms with E-state index in [9.17, 15) is 9.59 Å². The maximum atomic E-state index is 12.4. The molecule has 1 heterocycles. The molecule has 1 aliphatic rings. The molecule has 1 saturated heterocycles. The van der Waals surface area contributed by atoms with E-state index in [1.54, 1.807) is 11.8 Å². The number of carbonyl (C=O) groups is 2. The first-order valence-corrected chi connectivity index (χ1v) is 9.43. The van der Waals surface area contributed by atoms with Crippen LogP contribution in [0.2, 0.25) is 0 Å². The third kappa shape index (κ3) is 4.63. The quantitative estimate of drug-likeness (QED) is 0.793. The van der Waals surface area contributed by atoms with Crippen LogP contribution in [0.3, 0.4) is 0 Å². The summed E-state index contributed by atoms with van der Waals surface area (Å²) < 4.78 is 0. The second-order valence-electron chi connectivity index (χ2n) is 6.14. The molecule has 1 aliphatic heterocycles. The Hall–Kier alpha value is -2.27. The molecule has 3 rings (SSSR count). The minimum absolute atomic E-state index is 0.0433. The maximum Gasteiger partial charge on any atom is 0.253 e. The number of nitrogens with zero attached hydrogens (tertiary/aromatic N) is 2. The van der Waals surface area contributed by atoms with Crippen molar-refractivity contribution >= 4 is 23.6 Å². The van der Waals surface area contributed by atoms with Crippen molar-refractivity contribution in [1.29, 1.82) is 0 Å². The molecule has 130 valence electrons. The van der Waals surface area contributed by atoms with Crippen LogP contribution in [-0.2, 0) is 4.79 Å². The number of hydrogen-bond donors (Lipinski definition) is 0. The maximum absolute atomic E-state index is 12.4. The van der Waals surface area contributed by atoms with Gasteiger partial charge in [0, 0.05) is 36.6 Å². The van der Waals surface area contributed by atoms with Crippen molar-refractivity contribution in [2.75, 3.05) is 31.9 Å². The summed E-state index contributed by atoms with van der Waals surface area (Å²) in [5, 5.41) is 0. The highest BCUT2D eigenvalue weighted by atomic mass is 32.2. The minimum Gasteiger partial charge on any atom is -0.338 e. The van der Waals surface area contributed by atoms with Crippen molar-refractivity contribution in [3.05, 3.63) is 65.7 Å². The average Bonchev–Trinajstić information content (AvgIpc) is 2.67. The van der Waals surface area contributed by atoms with Crippen LogP contribution >= 0.6 is 11.8 Å². The first-order valence-electron chi connectivity index (χ1n) is 8.45. The largest absolute Gasteiger partial charge is 0.338 e. The summed E-state index contributed by atoms with van der Waals surface area (Å²) in [6.07, 6.45) is 0. The lowest BCUT2D eigenvalue weighted by atomic mass is 10.2. The molecule has 2 aromatic carbocycles. The van der Waals surface area contributed by atoms with Crippen LogP contribution < -0.4 is 0 Å². The van der Waals surface area contributed by atoms with Gasteiger partial charge in [0.15, 0.2) is 0 Å².